The fourth-order valence-electron chi connectivity index (χ4n) is 2.85. The topological polar surface area (TPSA) is 38.8 Å². The van der Waals surface area contributed by atoms with Crippen molar-refractivity contribution in [3.63, 3.8) is 0 Å². The molecule has 0 radical (unpaired) electrons. The van der Waals surface area contributed by atoms with Gasteiger partial charge in [-0.05, 0) is 48.9 Å². The Balaban J connectivity index is 1.82. The van der Waals surface area contributed by atoms with Crippen LogP contribution >= 0.6 is 24.0 Å². The number of halogens is 3. The van der Waals surface area contributed by atoms with Crippen LogP contribution in [0.3, 0.4) is 0 Å². The molecule has 2 aromatic carbocycles. The van der Waals surface area contributed by atoms with E-state index in [1.54, 1.807) is 24.3 Å². The predicted molar refractivity (Wildman–Crippen MR) is 114 cm³/mol. The number of carbonyl (C=O) groups is 1. The van der Waals surface area contributed by atoms with Crippen molar-refractivity contribution in [3.05, 3.63) is 64.1 Å². The highest BCUT2D eigenvalue weighted by Crippen LogP contribution is 2.34. The second-order valence-corrected chi connectivity index (χ2v) is 7.99. The van der Waals surface area contributed by atoms with E-state index in [4.69, 9.17) is 21.7 Å². The Morgan fingerprint density at radius 3 is 2.60 bits per heavy atom. The van der Waals surface area contributed by atoms with Crippen LogP contribution in [0.1, 0.15) is 23.6 Å². The molecule has 1 fully saturated rings. The number of methoxy groups -OCH3 is 1. The third-order valence-electron chi connectivity index (χ3n) is 4.35. The van der Waals surface area contributed by atoms with Gasteiger partial charge in [0.1, 0.15) is 22.4 Å². The predicted octanol–water partition coefficient (Wildman–Crippen LogP) is 5.51. The lowest BCUT2D eigenvalue weighted by Gasteiger charge is -2.13. The van der Waals surface area contributed by atoms with Crippen molar-refractivity contribution in [1.29, 1.82) is 0 Å². The number of rotatable bonds is 6. The van der Waals surface area contributed by atoms with Crippen molar-refractivity contribution in [2.75, 3.05) is 13.7 Å². The van der Waals surface area contributed by atoms with Gasteiger partial charge in [-0.1, -0.05) is 36.1 Å². The lowest BCUT2D eigenvalue weighted by Crippen LogP contribution is -2.27. The summed E-state index contributed by atoms with van der Waals surface area (Å²) in [5.74, 6) is 0.478. The van der Waals surface area contributed by atoms with Gasteiger partial charge in [-0.15, -0.1) is 0 Å². The quantitative estimate of drug-likeness (QED) is 0.426. The first-order chi connectivity index (χ1) is 14.2. The van der Waals surface area contributed by atoms with Crippen molar-refractivity contribution in [2.24, 2.45) is 0 Å². The van der Waals surface area contributed by atoms with E-state index in [-0.39, 0.29) is 18.3 Å². The third kappa shape index (κ3) is 4.96. The highest BCUT2D eigenvalue weighted by Gasteiger charge is 2.31. The van der Waals surface area contributed by atoms with Gasteiger partial charge in [0.15, 0.2) is 0 Å². The van der Waals surface area contributed by atoms with E-state index >= 15 is 0 Å². The van der Waals surface area contributed by atoms with Gasteiger partial charge in [-0.2, -0.15) is 13.2 Å². The van der Waals surface area contributed by atoms with Crippen LogP contribution < -0.4 is 9.47 Å². The molecule has 1 amide bonds. The van der Waals surface area contributed by atoms with Gasteiger partial charge in [0.05, 0.1) is 17.6 Å². The largest absolute Gasteiger partial charge is 0.496 e. The van der Waals surface area contributed by atoms with Crippen LogP contribution in [0.2, 0.25) is 0 Å². The summed E-state index contributed by atoms with van der Waals surface area (Å²) in [4.78, 5) is 14.4. The summed E-state index contributed by atoms with van der Waals surface area (Å²) in [6.45, 7) is 2.35. The van der Waals surface area contributed by atoms with E-state index in [9.17, 15) is 18.0 Å². The van der Waals surface area contributed by atoms with E-state index < -0.39 is 11.7 Å². The number of carbonyl (C=O) groups excluding carboxylic acids is 1. The SMILES string of the molecule is CCN1C(=O)C(=Cc2ccc(OC)c(COc3cccc(C(F)(F)F)c3)c2)SC1=S. The summed E-state index contributed by atoms with van der Waals surface area (Å²) in [6.07, 6.45) is -2.72. The Morgan fingerprint density at radius 2 is 1.97 bits per heavy atom. The zero-order valence-corrected chi connectivity index (χ0v) is 17.8. The number of hydrogen-bond acceptors (Lipinski definition) is 5. The van der Waals surface area contributed by atoms with Crippen LogP contribution in [0.25, 0.3) is 6.08 Å². The maximum atomic E-state index is 12.9. The molecule has 158 valence electrons. The van der Waals surface area contributed by atoms with E-state index in [2.05, 4.69) is 0 Å². The smallest absolute Gasteiger partial charge is 0.416 e. The molecule has 0 unspecified atom stereocenters. The molecule has 30 heavy (non-hydrogen) atoms. The van der Waals surface area contributed by atoms with Crippen LogP contribution in [0.4, 0.5) is 13.2 Å². The number of amides is 1. The third-order valence-corrected chi connectivity index (χ3v) is 5.73. The molecule has 0 aromatic heterocycles. The van der Waals surface area contributed by atoms with Gasteiger partial charge in [-0.3, -0.25) is 9.69 Å². The summed E-state index contributed by atoms with van der Waals surface area (Å²) in [7, 11) is 1.50. The van der Waals surface area contributed by atoms with Crippen LogP contribution in [0.15, 0.2) is 47.4 Å². The zero-order valence-electron chi connectivity index (χ0n) is 16.2. The summed E-state index contributed by atoms with van der Waals surface area (Å²) < 4.78 is 50.1. The van der Waals surface area contributed by atoms with Gasteiger partial charge < -0.3 is 9.47 Å². The molecule has 1 saturated heterocycles. The molecular formula is C21H18F3NO3S2. The number of thioether (sulfide) groups is 1. The van der Waals surface area contributed by atoms with Crippen molar-refractivity contribution in [2.45, 2.75) is 19.7 Å². The summed E-state index contributed by atoms with van der Waals surface area (Å²) in [5, 5.41) is 0. The minimum Gasteiger partial charge on any atom is -0.496 e. The first-order valence-electron chi connectivity index (χ1n) is 8.95. The monoisotopic (exact) mass is 453 g/mol. The average molecular weight is 454 g/mol. The Morgan fingerprint density at radius 1 is 1.20 bits per heavy atom. The zero-order chi connectivity index (χ0) is 21.9. The molecule has 1 heterocycles. The molecule has 1 aliphatic heterocycles. The molecule has 1 aliphatic rings. The maximum Gasteiger partial charge on any atom is 0.416 e. The highest BCUT2D eigenvalue weighted by atomic mass is 32.2. The first kappa shape index (κ1) is 22.2. The van der Waals surface area contributed by atoms with Gasteiger partial charge in [-0.25, -0.2) is 0 Å². The number of alkyl halides is 3. The number of thiocarbonyl (C=S) groups is 1. The molecular weight excluding hydrogens is 435 g/mol. The van der Waals surface area contributed by atoms with E-state index in [1.165, 1.54) is 35.9 Å². The number of ether oxygens (including phenoxy) is 2. The molecule has 0 atom stereocenters. The van der Waals surface area contributed by atoms with Crippen LogP contribution in [0.5, 0.6) is 11.5 Å². The summed E-state index contributed by atoms with van der Waals surface area (Å²) in [5.41, 5.74) is 0.586. The van der Waals surface area contributed by atoms with Crippen LogP contribution in [-0.4, -0.2) is 28.8 Å². The highest BCUT2D eigenvalue weighted by molar-refractivity contribution is 8.26. The molecule has 2 aromatic rings. The Labute approximate surface area is 181 Å². The molecule has 0 bridgehead atoms. The molecule has 0 aliphatic carbocycles. The Hall–Kier alpha value is -2.52. The fraction of sp³-hybridized carbons (Fsp3) is 0.238. The Bertz CT molecular complexity index is 1010. The number of hydrogen-bond donors (Lipinski definition) is 0. The molecule has 0 N–H and O–H groups in total. The van der Waals surface area contributed by atoms with Crippen LogP contribution in [0, 0.1) is 0 Å². The lowest BCUT2D eigenvalue weighted by atomic mass is 10.1. The number of likely N-dealkylation sites (N-methyl/N-ethyl adjacent to an activating group) is 1. The second-order valence-electron chi connectivity index (χ2n) is 6.31. The van der Waals surface area contributed by atoms with Crippen molar-refractivity contribution < 1.29 is 27.4 Å². The van der Waals surface area contributed by atoms with Crippen molar-refractivity contribution in [3.8, 4) is 11.5 Å². The standard InChI is InChI=1S/C21H18F3NO3S2/c1-3-25-19(26)18(30-20(25)29)10-13-7-8-17(27-2)14(9-13)12-28-16-6-4-5-15(11-16)21(22,23)24/h4-11H,3,12H2,1-2H3. The van der Waals surface area contributed by atoms with Crippen molar-refractivity contribution in [1.82, 2.24) is 4.90 Å². The van der Waals surface area contributed by atoms with Gasteiger partial charge in [0, 0.05) is 12.1 Å². The summed E-state index contributed by atoms with van der Waals surface area (Å²) in [6, 6.07) is 9.96. The van der Waals surface area contributed by atoms with E-state index in [1.807, 2.05) is 6.92 Å². The van der Waals surface area contributed by atoms with Gasteiger partial charge in [0.25, 0.3) is 5.91 Å². The number of benzene rings is 2. The Kier molecular flexibility index (Phi) is 6.72. The summed E-state index contributed by atoms with van der Waals surface area (Å²) >= 11 is 6.45. The minimum absolute atomic E-state index is 0.00207. The first-order valence-corrected chi connectivity index (χ1v) is 10.2. The van der Waals surface area contributed by atoms with Gasteiger partial charge in [0.2, 0.25) is 0 Å². The molecule has 3 rings (SSSR count). The molecule has 0 saturated carbocycles. The van der Waals surface area contributed by atoms with E-state index in [0.29, 0.717) is 27.1 Å². The minimum atomic E-state index is -4.44. The van der Waals surface area contributed by atoms with E-state index in [0.717, 1.165) is 17.7 Å². The molecule has 9 heteroatoms. The maximum absolute atomic E-state index is 12.9. The van der Waals surface area contributed by atoms with Crippen molar-refractivity contribution >= 4 is 40.3 Å². The van der Waals surface area contributed by atoms with Gasteiger partial charge >= 0.3 is 6.18 Å². The lowest BCUT2D eigenvalue weighted by molar-refractivity contribution is -0.137. The second kappa shape index (κ2) is 9.09. The van der Waals surface area contributed by atoms with Crippen LogP contribution in [-0.2, 0) is 17.6 Å². The molecule has 4 nitrogen and oxygen atoms in total. The normalized spacial score (nSPS) is 15.8. The average Bonchev–Trinajstić information content (AvgIpc) is 2.98. The molecule has 0 spiro atoms. The number of nitrogens with zero attached hydrogens (tertiary/aromatic N) is 1. The fourth-order valence-corrected chi connectivity index (χ4v) is 4.23.